The highest BCUT2D eigenvalue weighted by Crippen LogP contribution is 2.30. The smallest absolute Gasteiger partial charge is 0.242 e. The normalized spacial score (nSPS) is 11.9. The topological polar surface area (TPSA) is 96.0 Å². The predicted octanol–water partition coefficient (Wildman–Crippen LogP) is 5.04. The van der Waals surface area contributed by atoms with Crippen molar-refractivity contribution in [3.05, 3.63) is 93.4 Å². The van der Waals surface area contributed by atoms with E-state index in [1.165, 1.54) is 17.5 Å². The van der Waals surface area contributed by atoms with Gasteiger partial charge in [-0.1, -0.05) is 70.0 Å². The molecule has 0 saturated heterocycles. The van der Waals surface area contributed by atoms with Gasteiger partial charge in [0.15, 0.2) is 0 Å². The van der Waals surface area contributed by atoms with Crippen molar-refractivity contribution in [3.63, 3.8) is 0 Å². The van der Waals surface area contributed by atoms with Gasteiger partial charge in [-0.15, -0.1) is 0 Å². The van der Waals surface area contributed by atoms with Crippen molar-refractivity contribution >= 4 is 55.1 Å². The summed E-state index contributed by atoms with van der Waals surface area (Å²) in [6, 6.07) is 21.0. The Balaban J connectivity index is 1.85. The zero-order valence-electron chi connectivity index (χ0n) is 22.6. The number of hydrogen-bond donors (Lipinski definition) is 1. The lowest BCUT2D eigenvalue weighted by Gasteiger charge is -2.31. The van der Waals surface area contributed by atoms with Crippen molar-refractivity contribution in [3.8, 4) is 5.75 Å². The molecule has 40 heavy (non-hydrogen) atoms. The van der Waals surface area contributed by atoms with E-state index in [1.807, 2.05) is 54.6 Å². The lowest BCUT2D eigenvalue weighted by Crippen LogP contribution is -2.49. The largest absolute Gasteiger partial charge is 0.495 e. The summed E-state index contributed by atoms with van der Waals surface area (Å²) < 4.78 is 32.5. The Morgan fingerprint density at radius 3 is 2.33 bits per heavy atom. The van der Waals surface area contributed by atoms with Crippen molar-refractivity contribution in [2.24, 2.45) is 0 Å². The molecule has 0 aliphatic heterocycles. The molecule has 0 heterocycles. The lowest BCUT2D eigenvalue weighted by molar-refractivity contribution is -0.141. The molecule has 3 aromatic rings. The number of benzene rings is 3. The van der Waals surface area contributed by atoms with E-state index in [9.17, 15) is 18.0 Å². The first-order valence-corrected chi connectivity index (χ1v) is 15.7. The van der Waals surface area contributed by atoms with Crippen LogP contribution in [0.1, 0.15) is 24.0 Å². The number of likely N-dealkylation sites (N-methyl/N-ethyl adjacent to an activating group) is 1. The second-order valence-electron chi connectivity index (χ2n) is 9.23. The van der Waals surface area contributed by atoms with E-state index in [2.05, 4.69) is 21.2 Å². The first-order chi connectivity index (χ1) is 19.0. The first-order valence-electron chi connectivity index (χ1n) is 12.6. The van der Waals surface area contributed by atoms with Crippen LogP contribution in [0.15, 0.2) is 77.3 Å². The van der Waals surface area contributed by atoms with Gasteiger partial charge in [0.1, 0.15) is 11.8 Å². The summed E-state index contributed by atoms with van der Waals surface area (Å²) in [5.74, 6) is -0.112. The molecule has 0 bridgehead atoms. The fourth-order valence-corrected chi connectivity index (χ4v) is 6.02. The minimum atomic E-state index is -3.66. The summed E-state index contributed by atoms with van der Waals surface area (Å²) in [5, 5.41) is 2.97. The van der Waals surface area contributed by atoms with Gasteiger partial charge in [0, 0.05) is 37.5 Å². The van der Waals surface area contributed by atoms with Crippen LogP contribution in [0.3, 0.4) is 0 Å². The van der Waals surface area contributed by atoms with Gasteiger partial charge < -0.3 is 15.0 Å². The third kappa shape index (κ3) is 8.71. The van der Waals surface area contributed by atoms with Crippen LogP contribution in [0.4, 0.5) is 5.69 Å². The average molecular weight is 651 g/mol. The Morgan fingerprint density at radius 1 is 1.02 bits per heavy atom. The Morgan fingerprint density at radius 2 is 1.73 bits per heavy atom. The lowest BCUT2D eigenvalue weighted by atomic mass is 10.0. The van der Waals surface area contributed by atoms with Crippen molar-refractivity contribution in [1.29, 1.82) is 0 Å². The van der Waals surface area contributed by atoms with Crippen molar-refractivity contribution in [1.82, 2.24) is 10.2 Å². The number of halogens is 2. The fourth-order valence-electron chi connectivity index (χ4n) is 4.37. The molecule has 0 aromatic heterocycles. The number of rotatable bonds is 13. The SMILES string of the molecule is CNC(=O)[C@H](Cc1ccccc1)N(Cc1cccc(Br)c1)C(=O)CCCN(c1ccc(OC)c(Cl)c1)S(C)(=O)=O. The van der Waals surface area contributed by atoms with Crippen LogP contribution in [0.2, 0.25) is 5.02 Å². The molecular weight excluding hydrogens is 618 g/mol. The molecule has 0 saturated carbocycles. The summed E-state index contributed by atoms with van der Waals surface area (Å²) >= 11 is 9.71. The van der Waals surface area contributed by atoms with Gasteiger partial charge in [0.25, 0.3) is 0 Å². The van der Waals surface area contributed by atoms with Crippen LogP contribution in [-0.2, 0) is 32.6 Å². The number of carbonyl (C=O) groups excluding carboxylic acids is 2. The summed E-state index contributed by atoms with van der Waals surface area (Å²) in [6.07, 6.45) is 1.70. The maximum Gasteiger partial charge on any atom is 0.242 e. The van der Waals surface area contributed by atoms with E-state index in [1.54, 1.807) is 24.1 Å². The molecule has 0 radical (unpaired) electrons. The van der Waals surface area contributed by atoms with Gasteiger partial charge >= 0.3 is 0 Å². The molecule has 0 aliphatic carbocycles. The maximum absolute atomic E-state index is 13.7. The van der Waals surface area contributed by atoms with E-state index < -0.39 is 16.1 Å². The minimum Gasteiger partial charge on any atom is -0.495 e. The molecule has 0 aliphatic rings. The van der Waals surface area contributed by atoms with Gasteiger partial charge in [-0.25, -0.2) is 8.42 Å². The minimum absolute atomic E-state index is 0.0339. The third-order valence-electron chi connectivity index (χ3n) is 6.33. The van der Waals surface area contributed by atoms with Crippen LogP contribution in [0.5, 0.6) is 5.75 Å². The quantitative estimate of drug-likeness (QED) is 0.280. The Bertz CT molecular complexity index is 1420. The molecule has 0 spiro atoms. The average Bonchev–Trinajstić information content (AvgIpc) is 2.92. The molecule has 214 valence electrons. The number of amides is 2. The van der Waals surface area contributed by atoms with Gasteiger partial charge in [-0.2, -0.15) is 0 Å². The molecule has 3 rings (SSSR count). The van der Waals surface area contributed by atoms with E-state index in [0.717, 1.165) is 21.9 Å². The molecule has 8 nitrogen and oxygen atoms in total. The molecule has 1 N–H and O–H groups in total. The number of methoxy groups -OCH3 is 1. The number of sulfonamides is 1. The summed E-state index contributed by atoms with van der Waals surface area (Å²) in [4.78, 5) is 28.4. The fraction of sp³-hybridized carbons (Fsp3) is 0.310. The molecule has 1 atom stereocenters. The van der Waals surface area contributed by atoms with E-state index in [0.29, 0.717) is 17.9 Å². The number of ether oxygens (including phenoxy) is 1. The monoisotopic (exact) mass is 649 g/mol. The van der Waals surface area contributed by atoms with E-state index >= 15 is 0 Å². The van der Waals surface area contributed by atoms with Gasteiger partial charge in [-0.3, -0.25) is 13.9 Å². The number of anilines is 1. The van der Waals surface area contributed by atoms with Crippen molar-refractivity contribution < 1.29 is 22.7 Å². The molecule has 2 amide bonds. The van der Waals surface area contributed by atoms with Gasteiger partial charge in [-0.05, 0) is 47.9 Å². The number of nitrogens with one attached hydrogen (secondary N) is 1. The molecule has 11 heteroatoms. The second kappa shape index (κ2) is 14.5. The summed E-state index contributed by atoms with van der Waals surface area (Å²) in [5.41, 5.74) is 2.15. The summed E-state index contributed by atoms with van der Waals surface area (Å²) in [6.45, 7) is 0.272. The number of hydrogen-bond acceptors (Lipinski definition) is 5. The zero-order chi connectivity index (χ0) is 29.3. The van der Waals surface area contributed by atoms with Crippen molar-refractivity contribution in [2.75, 3.05) is 31.3 Å². The van der Waals surface area contributed by atoms with Crippen LogP contribution in [0, 0.1) is 0 Å². The second-order valence-corrected chi connectivity index (χ2v) is 12.5. The van der Waals surface area contributed by atoms with Crippen LogP contribution in [-0.4, -0.2) is 58.1 Å². The molecule has 3 aromatic carbocycles. The van der Waals surface area contributed by atoms with Crippen LogP contribution >= 0.6 is 27.5 Å². The highest BCUT2D eigenvalue weighted by molar-refractivity contribution is 9.10. The Labute approximate surface area is 249 Å². The van der Waals surface area contributed by atoms with Crippen LogP contribution < -0.4 is 14.4 Å². The zero-order valence-corrected chi connectivity index (χ0v) is 25.8. The highest BCUT2D eigenvalue weighted by atomic mass is 79.9. The number of nitrogens with zero attached hydrogens (tertiary/aromatic N) is 2. The van der Waals surface area contributed by atoms with Crippen molar-refractivity contribution in [2.45, 2.75) is 31.8 Å². The van der Waals surface area contributed by atoms with E-state index in [4.69, 9.17) is 16.3 Å². The molecule has 0 unspecified atom stereocenters. The Kier molecular flexibility index (Phi) is 11.4. The number of carbonyl (C=O) groups is 2. The summed E-state index contributed by atoms with van der Waals surface area (Å²) in [7, 11) is -0.636. The third-order valence-corrected chi connectivity index (χ3v) is 8.32. The maximum atomic E-state index is 13.7. The first kappa shape index (κ1) is 31.4. The highest BCUT2D eigenvalue weighted by Gasteiger charge is 2.30. The standard InChI is InChI=1S/C29H33BrClN3O5S/c1-32-29(36)26(18-21-9-5-4-6-10-21)33(20-22-11-7-12-23(30)17-22)28(35)13-8-16-34(40(3,37)38)24-14-15-27(39-2)25(31)19-24/h4-7,9-12,14-15,17,19,26H,8,13,16,18,20H2,1-3H3,(H,32,36)/t26-/m0/s1. The van der Waals surface area contributed by atoms with Gasteiger partial charge in [0.2, 0.25) is 21.8 Å². The van der Waals surface area contributed by atoms with Crippen LogP contribution in [0.25, 0.3) is 0 Å². The Hall–Kier alpha value is -3.08. The molecular formula is C29H33BrClN3O5S. The van der Waals surface area contributed by atoms with Gasteiger partial charge in [0.05, 0.1) is 24.1 Å². The predicted molar refractivity (Wildman–Crippen MR) is 162 cm³/mol. The van der Waals surface area contributed by atoms with E-state index in [-0.39, 0.29) is 42.8 Å². The molecule has 0 fully saturated rings.